The molecule has 124 valence electrons. The first-order chi connectivity index (χ1) is 11.2. The standard InChI is InChI=1S/C15H23N7O/c1-4-11-12(5-2)19-21-15(18-11)22(3)8-13-10(6-7-23-13)14-16-9-17-20-14/h9-10,13H,4-8H2,1-3H3,(H,16,17,20)/t10-,13-/m1/s1. The van der Waals surface area contributed by atoms with E-state index in [1.165, 1.54) is 0 Å². The van der Waals surface area contributed by atoms with Crippen molar-refractivity contribution in [2.24, 2.45) is 0 Å². The monoisotopic (exact) mass is 317 g/mol. The Bertz CT molecular complexity index is 631. The molecule has 1 N–H and O–H groups in total. The topological polar surface area (TPSA) is 92.7 Å². The van der Waals surface area contributed by atoms with Crippen LogP contribution in [-0.4, -0.2) is 56.7 Å². The zero-order valence-electron chi connectivity index (χ0n) is 13.9. The molecule has 0 radical (unpaired) electrons. The summed E-state index contributed by atoms with van der Waals surface area (Å²) in [6, 6.07) is 0. The van der Waals surface area contributed by atoms with Crippen LogP contribution in [0, 0.1) is 0 Å². The van der Waals surface area contributed by atoms with Crippen LogP contribution in [0.4, 0.5) is 5.95 Å². The lowest BCUT2D eigenvalue weighted by molar-refractivity contribution is 0.108. The van der Waals surface area contributed by atoms with Crippen molar-refractivity contribution in [2.75, 3.05) is 25.1 Å². The molecule has 3 rings (SSSR count). The van der Waals surface area contributed by atoms with Crippen LogP contribution in [0.15, 0.2) is 6.33 Å². The molecule has 0 bridgehead atoms. The van der Waals surface area contributed by atoms with Gasteiger partial charge in [-0.2, -0.15) is 10.2 Å². The molecule has 1 aliphatic heterocycles. The number of aromatic amines is 1. The number of nitrogens with zero attached hydrogens (tertiary/aromatic N) is 6. The van der Waals surface area contributed by atoms with Gasteiger partial charge >= 0.3 is 0 Å². The smallest absolute Gasteiger partial charge is 0.245 e. The molecule has 0 saturated carbocycles. The fourth-order valence-corrected chi connectivity index (χ4v) is 2.98. The minimum absolute atomic E-state index is 0.0486. The van der Waals surface area contributed by atoms with Crippen molar-refractivity contribution >= 4 is 5.95 Å². The van der Waals surface area contributed by atoms with Gasteiger partial charge in [-0.1, -0.05) is 13.8 Å². The number of ether oxygens (including phenoxy) is 1. The first-order valence-corrected chi connectivity index (χ1v) is 8.13. The molecule has 0 aliphatic carbocycles. The second-order valence-corrected chi connectivity index (χ2v) is 5.77. The third-order valence-corrected chi connectivity index (χ3v) is 4.29. The molecule has 1 saturated heterocycles. The Morgan fingerprint density at radius 1 is 1.26 bits per heavy atom. The molecule has 0 spiro atoms. The maximum absolute atomic E-state index is 5.88. The summed E-state index contributed by atoms with van der Waals surface area (Å²) >= 11 is 0. The van der Waals surface area contributed by atoms with E-state index in [1.807, 2.05) is 11.9 Å². The van der Waals surface area contributed by atoms with Crippen LogP contribution in [0.1, 0.15) is 43.4 Å². The number of anilines is 1. The number of aryl methyl sites for hydroxylation is 2. The maximum atomic E-state index is 5.88. The maximum Gasteiger partial charge on any atom is 0.245 e. The predicted octanol–water partition coefficient (Wildman–Crippen LogP) is 1.12. The molecule has 2 atom stereocenters. The number of hydrogen-bond donors (Lipinski definition) is 1. The van der Waals surface area contributed by atoms with Crippen molar-refractivity contribution in [1.82, 2.24) is 30.4 Å². The lowest BCUT2D eigenvalue weighted by Crippen LogP contribution is -2.33. The third-order valence-electron chi connectivity index (χ3n) is 4.29. The minimum atomic E-state index is 0.0486. The number of nitrogens with one attached hydrogen (secondary N) is 1. The molecular formula is C15H23N7O. The number of H-pyrrole nitrogens is 1. The van der Waals surface area contributed by atoms with Gasteiger partial charge in [-0.05, 0) is 19.3 Å². The van der Waals surface area contributed by atoms with E-state index in [-0.39, 0.29) is 12.0 Å². The molecule has 3 heterocycles. The van der Waals surface area contributed by atoms with Gasteiger partial charge in [-0.15, -0.1) is 5.10 Å². The highest BCUT2D eigenvalue weighted by Gasteiger charge is 2.33. The number of rotatable bonds is 6. The van der Waals surface area contributed by atoms with Crippen LogP contribution in [0.5, 0.6) is 0 Å². The van der Waals surface area contributed by atoms with E-state index in [1.54, 1.807) is 6.33 Å². The second kappa shape index (κ2) is 6.99. The summed E-state index contributed by atoms with van der Waals surface area (Å²) < 4.78 is 5.88. The zero-order valence-corrected chi connectivity index (χ0v) is 13.9. The van der Waals surface area contributed by atoms with Crippen LogP contribution < -0.4 is 4.90 Å². The molecule has 2 aromatic heterocycles. The van der Waals surface area contributed by atoms with E-state index in [2.05, 4.69) is 44.2 Å². The third kappa shape index (κ3) is 3.31. The van der Waals surface area contributed by atoms with Gasteiger partial charge in [0.15, 0.2) is 0 Å². The van der Waals surface area contributed by atoms with E-state index in [0.717, 1.165) is 43.1 Å². The van der Waals surface area contributed by atoms with E-state index in [9.17, 15) is 0 Å². The van der Waals surface area contributed by atoms with E-state index < -0.39 is 0 Å². The molecule has 0 aromatic carbocycles. The molecular weight excluding hydrogens is 294 g/mol. The zero-order chi connectivity index (χ0) is 16.2. The van der Waals surface area contributed by atoms with Crippen molar-refractivity contribution in [1.29, 1.82) is 0 Å². The van der Waals surface area contributed by atoms with Gasteiger partial charge < -0.3 is 9.64 Å². The lowest BCUT2D eigenvalue weighted by Gasteiger charge is -2.24. The van der Waals surface area contributed by atoms with Crippen molar-refractivity contribution < 1.29 is 4.74 Å². The normalized spacial score (nSPS) is 20.8. The Labute approximate surface area is 135 Å². The fourth-order valence-electron chi connectivity index (χ4n) is 2.98. The summed E-state index contributed by atoms with van der Waals surface area (Å²) in [5, 5.41) is 15.5. The summed E-state index contributed by atoms with van der Waals surface area (Å²) in [4.78, 5) is 10.9. The quantitative estimate of drug-likeness (QED) is 0.853. The van der Waals surface area contributed by atoms with Gasteiger partial charge in [-0.25, -0.2) is 9.97 Å². The summed E-state index contributed by atoms with van der Waals surface area (Å²) in [6.07, 6.45) is 4.25. The highest BCUT2D eigenvalue weighted by atomic mass is 16.5. The SMILES string of the molecule is CCc1nnc(N(C)C[C@H]2OCC[C@H]2c2ncn[nH]2)nc1CC. The highest BCUT2D eigenvalue weighted by Crippen LogP contribution is 2.29. The Balaban J connectivity index is 1.72. The van der Waals surface area contributed by atoms with Gasteiger partial charge in [0.05, 0.1) is 17.5 Å². The number of aromatic nitrogens is 6. The molecule has 23 heavy (non-hydrogen) atoms. The van der Waals surface area contributed by atoms with Crippen LogP contribution >= 0.6 is 0 Å². The second-order valence-electron chi connectivity index (χ2n) is 5.77. The summed E-state index contributed by atoms with van der Waals surface area (Å²) in [6.45, 7) is 5.59. The van der Waals surface area contributed by atoms with Crippen molar-refractivity contribution in [3.63, 3.8) is 0 Å². The molecule has 1 fully saturated rings. The van der Waals surface area contributed by atoms with E-state index >= 15 is 0 Å². The molecule has 1 aliphatic rings. The Kier molecular flexibility index (Phi) is 4.80. The molecule has 2 aromatic rings. The van der Waals surface area contributed by atoms with Crippen LogP contribution in [0.2, 0.25) is 0 Å². The Hall–Kier alpha value is -2.09. The molecule has 8 heteroatoms. The Morgan fingerprint density at radius 3 is 2.78 bits per heavy atom. The van der Waals surface area contributed by atoms with Crippen LogP contribution in [-0.2, 0) is 17.6 Å². The van der Waals surface area contributed by atoms with Crippen molar-refractivity contribution in [2.45, 2.75) is 45.1 Å². The van der Waals surface area contributed by atoms with E-state index in [0.29, 0.717) is 12.5 Å². The largest absolute Gasteiger partial charge is 0.376 e. The highest BCUT2D eigenvalue weighted by molar-refractivity contribution is 5.30. The number of likely N-dealkylation sites (N-methyl/N-ethyl adjacent to an activating group) is 1. The first-order valence-electron chi connectivity index (χ1n) is 8.13. The summed E-state index contributed by atoms with van der Waals surface area (Å²) in [7, 11) is 1.97. The van der Waals surface area contributed by atoms with Gasteiger partial charge in [0.1, 0.15) is 12.2 Å². The average molecular weight is 317 g/mol. The molecule has 8 nitrogen and oxygen atoms in total. The minimum Gasteiger partial charge on any atom is -0.376 e. The summed E-state index contributed by atoms with van der Waals surface area (Å²) in [5.74, 6) is 1.76. The van der Waals surface area contributed by atoms with Crippen molar-refractivity contribution in [3.8, 4) is 0 Å². The molecule has 0 amide bonds. The Morgan fingerprint density at radius 2 is 2.09 bits per heavy atom. The first kappa shape index (κ1) is 15.8. The summed E-state index contributed by atoms with van der Waals surface area (Å²) in [5.41, 5.74) is 1.99. The van der Waals surface area contributed by atoms with Crippen LogP contribution in [0.3, 0.4) is 0 Å². The van der Waals surface area contributed by atoms with Gasteiger partial charge in [-0.3, -0.25) is 5.10 Å². The van der Waals surface area contributed by atoms with Crippen LogP contribution in [0.25, 0.3) is 0 Å². The predicted molar refractivity (Wildman–Crippen MR) is 85.3 cm³/mol. The molecule has 0 unspecified atom stereocenters. The fraction of sp³-hybridized carbons (Fsp3) is 0.667. The van der Waals surface area contributed by atoms with Crippen molar-refractivity contribution in [3.05, 3.63) is 23.5 Å². The van der Waals surface area contributed by atoms with Gasteiger partial charge in [0.25, 0.3) is 0 Å². The number of hydrogen-bond acceptors (Lipinski definition) is 7. The average Bonchev–Trinajstić information content (AvgIpc) is 3.25. The van der Waals surface area contributed by atoms with Gasteiger partial charge in [0, 0.05) is 26.1 Å². The van der Waals surface area contributed by atoms with E-state index in [4.69, 9.17) is 4.74 Å². The van der Waals surface area contributed by atoms with Gasteiger partial charge in [0.2, 0.25) is 5.95 Å². The lowest BCUT2D eigenvalue weighted by atomic mass is 10.0.